The number of esters is 1. The molecule has 0 atom stereocenters. The third-order valence-corrected chi connectivity index (χ3v) is 5.49. The van der Waals surface area contributed by atoms with Crippen molar-refractivity contribution in [2.24, 2.45) is 7.05 Å². The van der Waals surface area contributed by atoms with Crippen LogP contribution in [0.1, 0.15) is 28.7 Å². The first kappa shape index (κ1) is 20.7. The van der Waals surface area contributed by atoms with Gasteiger partial charge in [-0.15, -0.1) is 11.3 Å². The minimum Gasteiger partial charge on any atom is -0.466 e. The number of nitrogens with zero attached hydrogens (tertiary/aromatic N) is 4. The van der Waals surface area contributed by atoms with Crippen molar-refractivity contribution >= 4 is 39.4 Å². The second-order valence-corrected chi connectivity index (χ2v) is 7.77. The van der Waals surface area contributed by atoms with Gasteiger partial charge in [-0.25, -0.2) is 9.97 Å². The molecule has 4 aromatic rings. The molecule has 0 aliphatic carbocycles. The third kappa shape index (κ3) is 4.31. The van der Waals surface area contributed by atoms with E-state index in [1.807, 2.05) is 37.3 Å². The molecule has 1 amide bonds. The highest BCUT2D eigenvalue weighted by Gasteiger charge is 2.20. The number of nitrogens with one attached hydrogen (secondary N) is 1. The Morgan fingerprint density at radius 2 is 1.97 bits per heavy atom. The summed E-state index contributed by atoms with van der Waals surface area (Å²) >= 11 is 1.26. The van der Waals surface area contributed by atoms with Gasteiger partial charge in [-0.05, 0) is 19.9 Å². The highest BCUT2D eigenvalue weighted by Crippen LogP contribution is 2.28. The first-order valence-corrected chi connectivity index (χ1v) is 10.7. The molecule has 4 rings (SSSR count). The lowest BCUT2D eigenvalue weighted by Gasteiger charge is -2.08. The number of amides is 1. The summed E-state index contributed by atoms with van der Waals surface area (Å²) in [5.74, 6) is -0.655. The van der Waals surface area contributed by atoms with Gasteiger partial charge in [0.1, 0.15) is 0 Å². The maximum absolute atomic E-state index is 13.2. The van der Waals surface area contributed by atoms with Crippen molar-refractivity contribution in [2.75, 3.05) is 11.9 Å². The molecule has 0 saturated carbocycles. The maximum atomic E-state index is 13.2. The van der Waals surface area contributed by atoms with Crippen LogP contribution in [0.2, 0.25) is 0 Å². The molecule has 158 valence electrons. The van der Waals surface area contributed by atoms with Gasteiger partial charge in [-0.3, -0.25) is 19.6 Å². The zero-order valence-corrected chi connectivity index (χ0v) is 18.2. The molecule has 9 heteroatoms. The number of hydrogen-bond donors (Lipinski definition) is 1. The largest absolute Gasteiger partial charge is 0.466 e. The smallest absolute Gasteiger partial charge is 0.311 e. The summed E-state index contributed by atoms with van der Waals surface area (Å²) in [5, 5.41) is 10.1. The Balaban J connectivity index is 1.68. The summed E-state index contributed by atoms with van der Waals surface area (Å²) in [5.41, 5.74) is 3.97. The van der Waals surface area contributed by atoms with Crippen LogP contribution in [0.15, 0.2) is 41.8 Å². The lowest BCUT2D eigenvalue weighted by atomic mass is 10.1. The molecule has 1 aromatic carbocycles. The van der Waals surface area contributed by atoms with Crippen LogP contribution in [-0.4, -0.2) is 38.2 Å². The number of aryl methyl sites for hydroxylation is 2. The first-order chi connectivity index (χ1) is 15.0. The minimum atomic E-state index is -0.347. The summed E-state index contributed by atoms with van der Waals surface area (Å²) in [7, 11) is 1.81. The molecular weight excluding hydrogens is 414 g/mol. The SMILES string of the molecule is CCOC(=O)Cc1csc(NC(=O)c2cc(-c3ccccc3)nc3c2c(C)nn3C)n1. The van der Waals surface area contributed by atoms with E-state index in [2.05, 4.69) is 15.4 Å². The van der Waals surface area contributed by atoms with Gasteiger partial charge in [-0.2, -0.15) is 5.10 Å². The highest BCUT2D eigenvalue weighted by atomic mass is 32.1. The van der Waals surface area contributed by atoms with E-state index in [9.17, 15) is 9.59 Å². The van der Waals surface area contributed by atoms with E-state index in [-0.39, 0.29) is 18.3 Å². The second-order valence-electron chi connectivity index (χ2n) is 6.91. The predicted molar refractivity (Wildman–Crippen MR) is 119 cm³/mol. The van der Waals surface area contributed by atoms with E-state index in [4.69, 9.17) is 9.72 Å². The fourth-order valence-electron chi connectivity index (χ4n) is 3.35. The standard InChI is InChI=1S/C22H21N5O3S/c1-4-30-18(28)10-15-12-31-22(23-15)25-21(29)16-11-17(14-8-6-5-7-9-14)24-20-19(16)13(2)26-27(20)3/h5-9,11-12H,4,10H2,1-3H3,(H,23,25,29). The summed E-state index contributed by atoms with van der Waals surface area (Å²) in [6.45, 7) is 3.92. The monoisotopic (exact) mass is 435 g/mol. The second kappa shape index (κ2) is 8.65. The number of carbonyl (C=O) groups is 2. The number of fused-ring (bicyclic) bond motifs is 1. The van der Waals surface area contributed by atoms with Crippen molar-refractivity contribution < 1.29 is 14.3 Å². The third-order valence-electron chi connectivity index (χ3n) is 4.69. The van der Waals surface area contributed by atoms with Crippen molar-refractivity contribution in [1.82, 2.24) is 19.7 Å². The number of hydrogen-bond acceptors (Lipinski definition) is 7. The number of aromatic nitrogens is 4. The number of carbonyl (C=O) groups excluding carboxylic acids is 2. The van der Waals surface area contributed by atoms with E-state index in [1.165, 1.54) is 11.3 Å². The van der Waals surface area contributed by atoms with Gasteiger partial charge in [0.05, 0.1) is 41.1 Å². The fraction of sp³-hybridized carbons (Fsp3) is 0.227. The Hall–Kier alpha value is -3.59. The molecule has 3 heterocycles. The van der Waals surface area contributed by atoms with E-state index in [0.717, 1.165) is 11.3 Å². The lowest BCUT2D eigenvalue weighted by Crippen LogP contribution is -2.13. The Morgan fingerprint density at radius 3 is 2.71 bits per heavy atom. The van der Waals surface area contributed by atoms with Crippen molar-refractivity contribution in [2.45, 2.75) is 20.3 Å². The number of benzene rings is 1. The topological polar surface area (TPSA) is 99.0 Å². The molecule has 0 aliphatic rings. The summed E-state index contributed by atoms with van der Waals surface area (Å²) < 4.78 is 6.62. The zero-order chi connectivity index (χ0) is 22.0. The first-order valence-electron chi connectivity index (χ1n) is 9.77. The van der Waals surface area contributed by atoms with Gasteiger partial charge >= 0.3 is 5.97 Å². The van der Waals surface area contributed by atoms with Crippen LogP contribution in [0.5, 0.6) is 0 Å². The number of rotatable bonds is 6. The number of thiazole rings is 1. The lowest BCUT2D eigenvalue weighted by molar-refractivity contribution is -0.142. The summed E-state index contributed by atoms with van der Waals surface area (Å²) in [4.78, 5) is 33.9. The molecule has 0 bridgehead atoms. The van der Waals surface area contributed by atoms with Gasteiger partial charge < -0.3 is 4.74 Å². The van der Waals surface area contributed by atoms with Crippen LogP contribution in [-0.2, 0) is 23.0 Å². The maximum Gasteiger partial charge on any atom is 0.311 e. The zero-order valence-electron chi connectivity index (χ0n) is 17.4. The Kier molecular flexibility index (Phi) is 5.77. The van der Waals surface area contributed by atoms with Crippen LogP contribution >= 0.6 is 11.3 Å². The molecule has 3 aromatic heterocycles. The number of ether oxygens (including phenoxy) is 1. The van der Waals surface area contributed by atoms with E-state index in [1.54, 1.807) is 30.1 Å². The average molecular weight is 436 g/mol. The van der Waals surface area contributed by atoms with Crippen molar-refractivity contribution in [3.8, 4) is 11.3 Å². The molecule has 31 heavy (non-hydrogen) atoms. The molecule has 0 unspecified atom stereocenters. The molecule has 0 fully saturated rings. The van der Waals surface area contributed by atoms with Gasteiger partial charge in [0, 0.05) is 18.0 Å². The quantitative estimate of drug-likeness (QED) is 0.463. The Morgan fingerprint density at radius 1 is 1.19 bits per heavy atom. The summed E-state index contributed by atoms with van der Waals surface area (Å²) in [6, 6.07) is 11.4. The van der Waals surface area contributed by atoms with Crippen LogP contribution in [0.3, 0.4) is 0 Å². The van der Waals surface area contributed by atoms with Crippen molar-refractivity contribution in [3.63, 3.8) is 0 Å². The van der Waals surface area contributed by atoms with Crippen molar-refractivity contribution in [3.05, 3.63) is 58.7 Å². The normalized spacial score (nSPS) is 10.9. The van der Waals surface area contributed by atoms with E-state index < -0.39 is 0 Å². The molecule has 8 nitrogen and oxygen atoms in total. The molecule has 0 spiro atoms. The van der Waals surface area contributed by atoms with Crippen LogP contribution in [0.4, 0.5) is 5.13 Å². The summed E-state index contributed by atoms with van der Waals surface area (Å²) in [6.07, 6.45) is 0.0690. The fourth-order valence-corrected chi connectivity index (χ4v) is 4.06. The molecule has 0 saturated heterocycles. The van der Waals surface area contributed by atoms with E-state index in [0.29, 0.717) is 39.7 Å². The molecular formula is C22H21N5O3S. The average Bonchev–Trinajstić information content (AvgIpc) is 3.31. The van der Waals surface area contributed by atoms with Crippen LogP contribution in [0, 0.1) is 6.92 Å². The minimum absolute atomic E-state index is 0.0690. The van der Waals surface area contributed by atoms with Crippen LogP contribution < -0.4 is 5.32 Å². The van der Waals surface area contributed by atoms with Crippen LogP contribution in [0.25, 0.3) is 22.3 Å². The van der Waals surface area contributed by atoms with E-state index >= 15 is 0 Å². The molecule has 1 N–H and O–H groups in total. The van der Waals surface area contributed by atoms with Crippen molar-refractivity contribution in [1.29, 1.82) is 0 Å². The van der Waals surface area contributed by atoms with Gasteiger partial charge in [0.2, 0.25) is 0 Å². The highest BCUT2D eigenvalue weighted by molar-refractivity contribution is 7.14. The number of anilines is 1. The number of pyridine rings is 1. The predicted octanol–water partition coefficient (Wildman–Crippen LogP) is 3.76. The molecule has 0 aliphatic heterocycles. The van der Waals surface area contributed by atoms with Gasteiger partial charge in [0.25, 0.3) is 5.91 Å². The Bertz CT molecular complexity index is 1260. The Labute approximate surface area is 182 Å². The molecule has 0 radical (unpaired) electrons. The van der Waals surface area contributed by atoms with Gasteiger partial charge in [-0.1, -0.05) is 30.3 Å². The van der Waals surface area contributed by atoms with Gasteiger partial charge in [0.15, 0.2) is 10.8 Å².